The molecule has 2 aromatic heterocycles. The highest BCUT2D eigenvalue weighted by atomic mass is 32.2. The van der Waals surface area contributed by atoms with Crippen molar-refractivity contribution < 1.29 is 12.9 Å². The van der Waals surface area contributed by atoms with Crippen LogP contribution >= 0.6 is 0 Å². The predicted molar refractivity (Wildman–Crippen MR) is 109 cm³/mol. The van der Waals surface area contributed by atoms with Crippen molar-refractivity contribution in [3.05, 3.63) is 54.0 Å². The summed E-state index contributed by atoms with van der Waals surface area (Å²) in [6.07, 6.45) is 4.01. The number of aromatic nitrogens is 3. The number of nitrogens with zero attached hydrogens (tertiary/aromatic N) is 5. The molecule has 0 amide bonds. The van der Waals surface area contributed by atoms with Crippen molar-refractivity contribution in [1.82, 2.24) is 19.4 Å². The molecule has 0 N–H and O–H groups in total. The van der Waals surface area contributed by atoms with Gasteiger partial charge in [0.15, 0.2) is 5.76 Å². The lowest BCUT2D eigenvalue weighted by Crippen LogP contribution is -2.49. The molecule has 0 aliphatic carbocycles. The van der Waals surface area contributed by atoms with Gasteiger partial charge in [-0.3, -0.25) is 0 Å². The first-order chi connectivity index (χ1) is 14.0. The van der Waals surface area contributed by atoms with Crippen LogP contribution in [0.2, 0.25) is 0 Å². The van der Waals surface area contributed by atoms with Gasteiger partial charge in [-0.1, -0.05) is 24.2 Å². The van der Waals surface area contributed by atoms with Crippen molar-refractivity contribution in [2.24, 2.45) is 0 Å². The van der Waals surface area contributed by atoms with Crippen LogP contribution in [0, 0.1) is 6.92 Å². The molecule has 4 rings (SSSR count). The predicted octanol–water partition coefficient (Wildman–Crippen LogP) is 2.51. The zero-order valence-electron chi connectivity index (χ0n) is 16.4. The van der Waals surface area contributed by atoms with Gasteiger partial charge in [0.05, 0.1) is 10.6 Å². The van der Waals surface area contributed by atoms with Crippen LogP contribution < -0.4 is 4.90 Å². The lowest BCUT2D eigenvalue weighted by atomic mass is 10.1. The molecule has 1 aliphatic heterocycles. The summed E-state index contributed by atoms with van der Waals surface area (Å²) in [6.45, 7) is 5.65. The van der Waals surface area contributed by atoms with E-state index in [4.69, 9.17) is 4.52 Å². The molecule has 152 valence electrons. The van der Waals surface area contributed by atoms with E-state index in [1.165, 1.54) is 4.31 Å². The van der Waals surface area contributed by atoms with Gasteiger partial charge in [-0.25, -0.2) is 18.4 Å². The minimum absolute atomic E-state index is 0.330. The Labute approximate surface area is 170 Å². The van der Waals surface area contributed by atoms with E-state index in [1.54, 1.807) is 30.6 Å². The van der Waals surface area contributed by atoms with E-state index in [9.17, 15) is 8.42 Å². The number of piperazine rings is 1. The van der Waals surface area contributed by atoms with Gasteiger partial charge in [0, 0.05) is 50.2 Å². The molecule has 9 heteroatoms. The molecule has 0 saturated carbocycles. The maximum absolute atomic E-state index is 13.4. The number of aryl methyl sites for hydroxylation is 2. The third kappa shape index (κ3) is 3.88. The molecule has 1 saturated heterocycles. The third-order valence-corrected chi connectivity index (χ3v) is 7.03. The molecule has 0 unspecified atom stereocenters. The molecule has 0 bridgehead atoms. The summed E-state index contributed by atoms with van der Waals surface area (Å²) in [7, 11) is -3.63. The highest BCUT2D eigenvalue weighted by Crippen LogP contribution is 2.29. The minimum atomic E-state index is -3.63. The first kappa shape index (κ1) is 19.5. The monoisotopic (exact) mass is 413 g/mol. The highest BCUT2D eigenvalue weighted by Gasteiger charge is 2.31. The highest BCUT2D eigenvalue weighted by molar-refractivity contribution is 7.89. The van der Waals surface area contributed by atoms with Gasteiger partial charge >= 0.3 is 0 Å². The van der Waals surface area contributed by atoms with E-state index in [2.05, 4.69) is 15.1 Å². The summed E-state index contributed by atoms with van der Waals surface area (Å²) >= 11 is 0. The Morgan fingerprint density at radius 2 is 1.79 bits per heavy atom. The smallest absolute Gasteiger partial charge is 0.243 e. The van der Waals surface area contributed by atoms with Crippen molar-refractivity contribution >= 4 is 16.0 Å². The summed E-state index contributed by atoms with van der Waals surface area (Å²) in [5.74, 6) is 1.19. The van der Waals surface area contributed by atoms with Gasteiger partial charge in [0.2, 0.25) is 16.0 Å². The summed E-state index contributed by atoms with van der Waals surface area (Å²) < 4.78 is 33.7. The maximum Gasteiger partial charge on any atom is 0.243 e. The normalized spacial score (nSPS) is 15.6. The van der Waals surface area contributed by atoms with Crippen LogP contribution in [-0.2, 0) is 16.4 Å². The Kier molecular flexibility index (Phi) is 5.33. The average Bonchev–Trinajstić information content (AvgIpc) is 3.20. The van der Waals surface area contributed by atoms with Crippen molar-refractivity contribution in [3.63, 3.8) is 0 Å². The lowest BCUT2D eigenvalue weighted by Gasteiger charge is -2.34. The number of hydrogen-bond acceptors (Lipinski definition) is 7. The Balaban J connectivity index is 1.60. The summed E-state index contributed by atoms with van der Waals surface area (Å²) in [5, 5.41) is 3.90. The molecule has 1 aromatic carbocycles. The van der Waals surface area contributed by atoms with Gasteiger partial charge in [-0.2, -0.15) is 4.31 Å². The molecular weight excluding hydrogens is 390 g/mol. The molecule has 0 radical (unpaired) electrons. The minimum Gasteiger partial charge on any atom is -0.356 e. The van der Waals surface area contributed by atoms with E-state index in [1.807, 2.05) is 30.9 Å². The van der Waals surface area contributed by atoms with Crippen molar-refractivity contribution in [1.29, 1.82) is 0 Å². The summed E-state index contributed by atoms with van der Waals surface area (Å²) in [5.41, 5.74) is 2.25. The number of anilines is 1. The molecule has 3 heterocycles. The molecule has 1 fully saturated rings. The second kappa shape index (κ2) is 7.92. The second-order valence-corrected chi connectivity index (χ2v) is 8.85. The number of rotatable bonds is 5. The van der Waals surface area contributed by atoms with Crippen LogP contribution in [0.5, 0.6) is 0 Å². The SMILES string of the molecule is CCc1ccc(-c2cc(C)no2)cc1S(=O)(=O)N1CCN(c2ncccn2)CC1. The Morgan fingerprint density at radius 3 is 2.41 bits per heavy atom. The van der Waals surface area contributed by atoms with Crippen molar-refractivity contribution in [3.8, 4) is 11.3 Å². The van der Waals surface area contributed by atoms with Gasteiger partial charge in [0.25, 0.3) is 0 Å². The lowest BCUT2D eigenvalue weighted by molar-refractivity contribution is 0.382. The molecule has 8 nitrogen and oxygen atoms in total. The van der Waals surface area contributed by atoms with Crippen LogP contribution in [-0.4, -0.2) is 54.0 Å². The van der Waals surface area contributed by atoms with Crippen LogP contribution in [0.4, 0.5) is 5.95 Å². The van der Waals surface area contributed by atoms with E-state index in [0.29, 0.717) is 54.8 Å². The van der Waals surface area contributed by atoms with E-state index in [-0.39, 0.29) is 0 Å². The first-order valence-electron chi connectivity index (χ1n) is 9.58. The Morgan fingerprint density at radius 1 is 1.07 bits per heavy atom. The fraction of sp³-hybridized carbons (Fsp3) is 0.350. The molecule has 1 aliphatic rings. The molecule has 0 spiro atoms. The fourth-order valence-corrected chi connectivity index (χ4v) is 5.20. The molecule has 0 atom stereocenters. The number of sulfonamides is 1. The summed E-state index contributed by atoms with van der Waals surface area (Å²) in [6, 6.07) is 8.99. The van der Waals surface area contributed by atoms with Crippen molar-refractivity contribution in [2.45, 2.75) is 25.2 Å². The quantitative estimate of drug-likeness (QED) is 0.634. The number of benzene rings is 1. The van der Waals surface area contributed by atoms with E-state index >= 15 is 0 Å². The maximum atomic E-state index is 13.4. The van der Waals surface area contributed by atoms with Crippen molar-refractivity contribution in [2.75, 3.05) is 31.1 Å². The van der Waals surface area contributed by atoms with Gasteiger partial charge in [-0.15, -0.1) is 0 Å². The number of hydrogen-bond donors (Lipinski definition) is 0. The van der Waals surface area contributed by atoms with Gasteiger partial charge in [-0.05, 0) is 31.0 Å². The Bertz CT molecular complexity index is 1090. The van der Waals surface area contributed by atoms with E-state index < -0.39 is 10.0 Å². The largest absolute Gasteiger partial charge is 0.356 e. The fourth-order valence-electron chi connectivity index (χ4n) is 3.46. The molecular formula is C20H23N5O3S. The zero-order valence-corrected chi connectivity index (χ0v) is 17.3. The average molecular weight is 414 g/mol. The standard InChI is InChI=1S/C20H23N5O3S/c1-3-16-5-6-17(18-13-15(2)23-28-18)14-19(16)29(26,27)25-11-9-24(10-12-25)20-21-7-4-8-22-20/h4-8,13-14H,3,9-12H2,1-2H3. The van der Waals surface area contributed by atoms with Gasteiger partial charge < -0.3 is 9.42 Å². The third-order valence-electron chi connectivity index (χ3n) is 5.05. The van der Waals surface area contributed by atoms with Crippen LogP contribution in [0.3, 0.4) is 0 Å². The van der Waals surface area contributed by atoms with Crippen LogP contribution in [0.15, 0.2) is 52.1 Å². The first-order valence-corrected chi connectivity index (χ1v) is 11.0. The van der Waals surface area contributed by atoms with Crippen LogP contribution in [0.1, 0.15) is 18.2 Å². The molecule has 3 aromatic rings. The van der Waals surface area contributed by atoms with Crippen LogP contribution in [0.25, 0.3) is 11.3 Å². The Hall–Kier alpha value is -2.78. The van der Waals surface area contributed by atoms with Gasteiger partial charge in [0.1, 0.15) is 0 Å². The second-order valence-electron chi connectivity index (χ2n) is 6.95. The van der Waals surface area contributed by atoms with E-state index in [0.717, 1.165) is 11.3 Å². The molecule has 29 heavy (non-hydrogen) atoms. The zero-order chi connectivity index (χ0) is 20.4. The summed E-state index contributed by atoms with van der Waals surface area (Å²) in [4.78, 5) is 10.8. The topological polar surface area (TPSA) is 92.4 Å².